The molecule has 2 aromatic carbocycles. The maximum Gasteiger partial charge on any atom is 0.220 e. The molecule has 0 aliphatic carbocycles. The molecule has 0 unspecified atom stereocenters. The van der Waals surface area contributed by atoms with Crippen LogP contribution in [0.2, 0.25) is 20.4 Å². The first-order valence-electron chi connectivity index (χ1n) is 17.1. The lowest BCUT2D eigenvalue weighted by Gasteiger charge is -2.14. The lowest BCUT2D eigenvalue weighted by atomic mass is 9.96. The van der Waals surface area contributed by atoms with Crippen LogP contribution in [0.5, 0.6) is 0 Å². The van der Waals surface area contributed by atoms with Crippen LogP contribution in [0.3, 0.4) is 0 Å². The molecule has 2 aliphatic heterocycles. The second-order valence-electron chi connectivity index (χ2n) is 13.2. The van der Waals surface area contributed by atoms with Gasteiger partial charge in [-0.25, -0.2) is 9.97 Å². The quantitative estimate of drug-likeness (QED) is 0.110. The van der Waals surface area contributed by atoms with Crippen LogP contribution in [0.25, 0.3) is 44.7 Å². The number of fused-ring (bicyclic) bond motifs is 2. The first-order chi connectivity index (χ1) is 25.2. The van der Waals surface area contributed by atoms with Gasteiger partial charge in [-0.15, -0.1) is 0 Å². The molecular weight excluding hydrogens is 742 g/mol. The Bertz CT molecular complexity index is 2190. The molecule has 0 saturated carbocycles. The SMILES string of the molecule is O=C1CC[C@H](CNCc2nc3cc(-c4cccc(-c5cccc(-c6ccn7c(Cl)c(CNC[C@@H]8CCC(=O)N8)nc7c6)c5Cl)c4Cl)ccn3c2Cl)N1. The van der Waals surface area contributed by atoms with Gasteiger partial charge in [0.25, 0.3) is 0 Å². The number of nitrogens with one attached hydrogen (secondary N) is 4. The Morgan fingerprint density at radius 2 is 1.06 bits per heavy atom. The predicted molar refractivity (Wildman–Crippen MR) is 206 cm³/mol. The predicted octanol–water partition coefficient (Wildman–Crippen LogP) is 7.33. The molecule has 10 nitrogen and oxygen atoms in total. The number of hydrogen-bond acceptors (Lipinski definition) is 6. The fourth-order valence-corrected chi connectivity index (χ4v) is 8.18. The van der Waals surface area contributed by atoms with Gasteiger partial charge in [-0.3, -0.25) is 18.4 Å². The minimum atomic E-state index is 0.0913. The molecule has 2 amide bonds. The third-order valence-electron chi connectivity index (χ3n) is 9.71. The molecule has 4 aromatic heterocycles. The molecule has 52 heavy (non-hydrogen) atoms. The fourth-order valence-electron chi connectivity index (χ4n) is 7.00. The van der Waals surface area contributed by atoms with Crippen molar-refractivity contribution in [2.75, 3.05) is 13.1 Å². The van der Waals surface area contributed by atoms with Crippen LogP contribution in [0.15, 0.2) is 73.1 Å². The van der Waals surface area contributed by atoms with E-state index in [1.54, 1.807) is 0 Å². The Hall–Kier alpha value is -4.16. The number of pyridine rings is 2. The number of nitrogens with zero attached hydrogens (tertiary/aromatic N) is 4. The van der Waals surface area contributed by atoms with Crippen LogP contribution in [-0.2, 0) is 22.7 Å². The van der Waals surface area contributed by atoms with E-state index in [0.717, 1.165) is 57.6 Å². The van der Waals surface area contributed by atoms with Gasteiger partial charge in [-0.1, -0.05) is 82.8 Å². The van der Waals surface area contributed by atoms with Crippen LogP contribution < -0.4 is 21.3 Å². The average molecular weight is 777 g/mol. The van der Waals surface area contributed by atoms with E-state index in [-0.39, 0.29) is 23.9 Å². The monoisotopic (exact) mass is 774 g/mol. The number of benzene rings is 2. The number of imidazole rings is 2. The molecule has 0 spiro atoms. The topological polar surface area (TPSA) is 117 Å². The van der Waals surface area contributed by atoms with Crippen molar-refractivity contribution in [3.63, 3.8) is 0 Å². The highest BCUT2D eigenvalue weighted by Crippen LogP contribution is 2.43. The van der Waals surface area contributed by atoms with Crippen molar-refractivity contribution in [1.82, 2.24) is 40.0 Å². The van der Waals surface area contributed by atoms with E-state index in [2.05, 4.69) is 21.3 Å². The summed E-state index contributed by atoms with van der Waals surface area (Å²) in [6, 6.07) is 19.9. The summed E-state index contributed by atoms with van der Waals surface area (Å²) in [5.41, 5.74) is 7.91. The zero-order valence-corrected chi connectivity index (χ0v) is 30.9. The summed E-state index contributed by atoms with van der Waals surface area (Å²) in [5, 5.41) is 14.9. The van der Waals surface area contributed by atoms with Gasteiger partial charge in [-0.2, -0.15) is 0 Å². The van der Waals surface area contributed by atoms with E-state index in [9.17, 15) is 9.59 Å². The van der Waals surface area contributed by atoms with Crippen molar-refractivity contribution < 1.29 is 9.59 Å². The molecule has 266 valence electrons. The van der Waals surface area contributed by atoms with Crippen LogP contribution >= 0.6 is 46.4 Å². The van der Waals surface area contributed by atoms with E-state index in [0.29, 0.717) is 70.7 Å². The van der Waals surface area contributed by atoms with E-state index in [1.807, 2.05) is 81.9 Å². The molecular formula is C38H34Cl4N8O2. The van der Waals surface area contributed by atoms with Gasteiger partial charge in [0, 0.05) is 85.8 Å². The number of aromatic nitrogens is 4. The molecule has 8 rings (SSSR count). The smallest absolute Gasteiger partial charge is 0.220 e. The van der Waals surface area contributed by atoms with Crippen molar-refractivity contribution >= 4 is 69.5 Å². The largest absolute Gasteiger partial charge is 0.352 e. The van der Waals surface area contributed by atoms with Crippen LogP contribution in [0.4, 0.5) is 0 Å². The molecule has 0 bridgehead atoms. The van der Waals surface area contributed by atoms with E-state index in [1.165, 1.54) is 0 Å². The minimum Gasteiger partial charge on any atom is -0.352 e. The van der Waals surface area contributed by atoms with Crippen LogP contribution in [-0.4, -0.2) is 55.8 Å². The van der Waals surface area contributed by atoms with Crippen molar-refractivity contribution in [2.45, 2.75) is 50.9 Å². The minimum absolute atomic E-state index is 0.0913. The number of halogens is 4. The second kappa shape index (κ2) is 14.7. The summed E-state index contributed by atoms with van der Waals surface area (Å²) >= 11 is 27.7. The number of carbonyl (C=O) groups excluding carboxylic acids is 2. The lowest BCUT2D eigenvalue weighted by Crippen LogP contribution is -2.35. The summed E-state index contributed by atoms with van der Waals surface area (Å²) in [4.78, 5) is 32.6. The zero-order chi connectivity index (χ0) is 35.9. The molecule has 6 heterocycles. The summed E-state index contributed by atoms with van der Waals surface area (Å²) in [6.07, 6.45) is 6.56. The summed E-state index contributed by atoms with van der Waals surface area (Å²) < 4.78 is 3.69. The van der Waals surface area contributed by atoms with Gasteiger partial charge < -0.3 is 21.3 Å². The van der Waals surface area contributed by atoms with Gasteiger partial charge in [-0.05, 0) is 48.2 Å². The third-order valence-corrected chi connectivity index (χ3v) is 11.3. The summed E-state index contributed by atoms with van der Waals surface area (Å²) in [7, 11) is 0. The third kappa shape index (κ3) is 6.87. The first kappa shape index (κ1) is 34.9. The second-order valence-corrected chi connectivity index (χ2v) is 14.7. The number of carbonyl (C=O) groups is 2. The van der Waals surface area contributed by atoms with Crippen molar-refractivity contribution in [3.8, 4) is 33.4 Å². The van der Waals surface area contributed by atoms with Crippen LogP contribution in [0, 0.1) is 0 Å². The molecule has 14 heteroatoms. The molecule has 2 atom stereocenters. The number of rotatable bonds is 11. The van der Waals surface area contributed by atoms with Crippen molar-refractivity contribution in [1.29, 1.82) is 0 Å². The Morgan fingerprint density at radius 3 is 1.46 bits per heavy atom. The van der Waals surface area contributed by atoms with Gasteiger partial charge in [0.05, 0.1) is 21.4 Å². The molecule has 0 radical (unpaired) electrons. The van der Waals surface area contributed by atoms with Crippen molar-refractivity contribution in [2.24, 2.45) is 0 Å². The van der Waals surface area contributed by atoms with Gasteiger partial charge in [0.15, 0.2) is 0 Å². The lowest BCUT2D eigenvalue weighted by molar-refractivity contribution is -0.120. The van der Waals surface area contributed by atoms with E-state index < -0.39 is 0 Å². The molecule has 4 N–H and O–H groups in total. The first-order valence-corrected chi connectivity index (χ1v) is 18.7. The van der Waals surface area contributed by atoms with Crippen LogP contribution in [0.1, 0.15) is 37.1 Å². The summed E-state index contributed by atoms with van der Waals surface area (Å²) in [5.74, 6) is 0.183. The maximum atomic E-state index is 11.5. The Morgan fingerprint density at radius 1 is 0.635 bits per heavy atom. The van der Waals surface area contributed by atoms with Gasteiger partial charge >= 0.3 is 0 Å². The summed E-state index contributed by atoms with van der Waals surface area (Å²) in [6.45, 7) is 2.27. The molecule has 6 aromatic rings. The van der Waals surface area contributed by atoms with E-state index >= 15 is 0 Å². The molecule has 2 aliphatic rings. The van der Waals surface area contributed by atoms with E-state index in [4.69, 9.17) is 56.4 Å². The normalized spacial score (nSPS) is 17.4. The van der Waals surface area contributed by atoms with Gasteiger partial charge in [0.1, 0.15) is 21.6 Å². The Labute approximate surface area is 319 Å². The standard InChI is InChI=1S/C38H34Cl4N8O2/c39-35-25(21-11-13-49-31(15-21)47-29(37(49)41)19-43-17-23-7-9-33(51)45-23)3-1-5-27(35)28-6-2-4-26(36(28)40)22-12-14-50-32(16-22)48-30(38(50)42)20-44-18-24-8-10-34(52)46-24/h1-6,11-16,23-24,43-44H,7-10,17-20H2,(H,45,51)(H,46,52)/t23-,24+. The molecule has 2 saturated heterocycles. The number of amides is 2. The average Bonchev–Trinajstić information content (AvgIpc) is 3.91. The molecule has 2 fully saturated rings. The number of hydrogen-bond donors (Lipinski definition) is 4. The van der Waals surface area contributed by atoms with Crippen molar-refractivity contribution in [3.05, 3.63) is 105 Å². The Kier molecular flexibility index (Phi) is 9.86. The van der Waals surface area contributed by atoms with Gasteiger partial charge in [0.2, 0.25) is 11.8 Å². The Balaban J connectivity index is 1.03. The fraction of sp³-hybridized carbons (Fsp3) is 0.263. The highest BCUT2D eigenvalue weighted by Gasteiger charge is 2.22. The highest BCUT2D eigenvalue weighted by molar-refractivity contribution is 6.39. The highest BCUT2D eigenvalue weighted by atomic mass is 35.5. The zero-order valence-electron chi connectivity index (χ0n) is 27.9. The maximum absolute atomic E-state index is 11.5.